The molecular formula is C8H15NO2. The van der Waals surface area contributed by atoms with Crippen LogP contribution < -0.4 is 5.73 Å². The van der Waals surface area contributed by atoms with Gasteiger partial charge in [0.05, 0.1) is 0 Å². The van der Waals surface area contributed by atoms with E-state index >= 15 is 0 Å². The Labute approximate surface area is 66.6 Å². The summed E-state index contributed by atoms with van der Waals surface area (Å²) in [6, 6.07) is 0. The Hall–Kier alpha value is -0.570. The number of aliphatic hydroxyl groups excluding tert-OH is 1. The molecule has 0 radical (unpaired) electrons. The summed E-state index contributed by atoms with van der Waals surface area (Å²) in [5.74, 6) is -0.196. The smallest absolute Gasteiger partial charge is 0.220 e. The van der Waals surface area contributed by atoms with E-state index in [1.54, 1.807) is 0 Å². The van der Waals surface area contributed by atoms with Crippen LogP contribution in [0.5, 0.6) is 0 Å². The van der Waals surface area contributed by atoms with Crippen LogP contribution in [0, 0.1) is 11.8 Å². The Bertz CT molecular complexity index is 147. The first-order valence-corrected chi connectivity index (χ1v) is 4.16. The second kappa shape index (κ2) is 3.72. The molecule has 2 unspecified atom stereocenters. The standard InChI is InChI=1S/C8H15NO2/c9-8(11)7-4-2-1-3-6(7)5-10/h6-7,10H,1-5H2,(H2,9,11). The van der Waals surface area contributed by atoms with Gasteiger partial charge >= 0.3 is 0 Å². The van der Waals surface area contributed by atoms with E-state index in [-0.39, 0.29) is 24.3 Å². The Morgan fingerprint density at radius 1 is 1.45 bits per heavy atom. The summed E-state index contributed by atoms with van der Waals surface area (Å²) in [5, 5.41) is 8.90. The summed E-state index contributed by atoms with van der Waals surface area (Å²) in [6.45, 7) is 0.105. The maximum Gasteiger partial charge on any atom is 0.220 e. The molecule has 1 saturated carbocycles. The molecule has 1 aliphatic carbocycles. The average Bonchev–Trinajstić information content (AvgIpc) is 2.04. The van der Waals surface area contributed by atoms with Crippen LogP contribution in [0.15, 0.2) is 0 Å². The number of aliphatic hydroxyl groups is 1. The van der Waals surface area contributed by atoms with Crippen molar-refractivity contribution in [3.63, 3.8) is 0 Å². The van der Waals surface area contributed by atoms with Gasteiger partial charge in [0.25, 0.3) is 0 Å². The van der Waals surface area contributed by atoms with Gasteiger partial charge in [-0.1, -0.05) is 12.8 Å². The quantitative estimate of drug-likeness (QED) is 0.604. The van der Waals surface area contributed by atoms with E-state index in [1.807, 2.05) is 0 Å². The first kappa shape index (κ1) is 8.53. The minimum Gasteiger partial charge on any atom is -0.396 e. The summed E-state index contributed by atoms with van der Waals surface area (Å²) >= 11 is 0. The van der Waals surface area contributed by atoms with Crippen molar-refractivity contribution in [2.24, 2.45) is 17.6 Å². The molecule has 0 bridgehead atoms. The Morgan fingerprint density at radius 3 is 2.55 bits per heavy atom. The van der Waals surface area contributed by atoms with Gasteiger partial charge in [-0.3, -0.25) is 4.79 Å². The molecule has 3 nitrogen and oxygen atoms in total. The van der Waals surface area contributed by atoms with Gasteiger partial charge in [0.2, 0.25) is 5.91 Å². The third-order valence-corrected chi connectivity index (χ3v) is 2.51. The maximum absolute atomic E-state index is 10.8. The molecule has 0 aromatic carbocycles. The van der Waals surface area contributed by atoms with Gasteiger partial charge in [0.15, 0.2) is 0 Å². The van der Waals surface area contributed by atoms with Gasteiger partial charge in [0, 0.05) is 12.5 Å². The lowest BCUT2D eigenvalue weighted by Gasteiger charge is -2.27. The predicted octanol–water partition coefficient (Wildman–Crippen LogP) is 0.270. The fraction of sp³-hybridized carbons (Fsp3) is 0.875. The van der Waals surface area contributed by atoms with E-state index < -0.39 is 0 Å². The second-order valence-electron chi connectivity index (χ2n) is 3.24. The molecule has 0 aromatic heterocycles. The van der Waals surface area contributed by atoms with Crippen LogP contribution >= 0.6 is 0 Å². The molecular weight excluding hydrogens is 142 g/mol. The van der Waals surface area contributed by atoms with Crippen molar-refractivity contribution < 1.29 is 9.90 Å². The van der Waals surface area contributed by atoms with E-state index in [2.05, 4.69) is 0 Å². The molecule has 3 heteroatoms. The zero-order valence-electron chi connectivity index (χ0n) is 6.62. The molecule has 11 heavy (non-hydrogen) atoms. The van der Waals surface area contributed by atoms with Crippen LogP contribution in [0.1, 0.15) is 25.7 Å². The van der Waals surface area contributed by atoms with Gasteiger partial charge in [-0.15, -0.1) is 0 Å². The lowest BCUT2D eigenvalue weighted by molar-refractivity contribution is -0.125. The number of amides is 1. The number of carbonyl (C=O) groups is 1. The number of hydrogen-bond donors (Lipinski definition) is 2. The average molecular weight is 157 g/mol. The SMILES string of the molecule is NC(=O)C1CCCCC1CO. The highest BCUT2D eigenvalue weighted by Crippen LogP contribution is 2.29. The van der Waals surface area contributed by atoms with E-state index in [0.717, 1.165) is 25.7 Å². The van der Waals surface area contributed by atoms with E-state index in [0.29, 0.717) is 0 Å². The molecule has 3 N–H and O–H groups in total. The second-order valence-corrected chi connectivity index (χ2v) is 3.24. The Morgan fingerprint density at radius 2 is 2.09 bits per heavy atom. The van der Waals surface area contributed by atoms with Crippen LogP contribution in [0.3, 0.4) is 0 Å². The molecule has 0 spiro atoms. The largest absolute Gasteiger partial charge is 0.396 e. The summed E-state index contributed by atoms with van der Waals surface area (Å²) in [5.41, 5.74) is 5.18. The van der Waals surface area contributed by atoms with Crippen molar-refractivity contribution in [3.05, 3.63) is 0 Å². The Balaban J connectivity index is 2.51. The number of primary amides is 1. The van der Waals surface area contributed by atoms with Crippen LogP contribution in [0.2, 0.25) is 0 Å². The molecule has 0 aliphatic heterocycles. The van der Waals surface area contributed by atoms with E-state index in [1.165, 1.54) is 0 Å². The third-order valence-electron chi connectivity index (χ3n) is 2.51. The fourth-order valence-electron chi connectivity index (χ4n) is 1.80. The highest BCUT2D eigenvalue weighted by atomic mass is 16.3. The number of nitrogens with two attached hydrogens (primary N) is 1. The van der Waals surface area contributed by atoms with Crippen molar-refractivity contribution >= 4 is 5.91 Å². The topological polar surface area (TPSA) is 63.3 Å². The predicted molar refractivity (Wildman–Crippen MR) is 41.7 cm³/mol. The molecule has 2 atom stereocenters. The molecule has 1 aliphatic rings. The molecule has 1 fully saturated rings. The molecule has 64 valence electrons. The van der Waals surface area contributed by atoms with Crippen molar-refractivity contribution in [1.29, 1.82) is 0 Å². The maximum atomic E-state index is 10.8. The molecule has 1 amide bonds. The van der Waals surface area contributed by atoms with Crippen LogP contribution in [-0.2, 0) is 4.79 Å². The summed E-state index contributed by atoms with van der Waals surface area (Å²) in [7, 11) is 0. The molecule has 0 heterocycles. The van der Waals surface area contributed by atoms with Crippen molar-refractivity contribution in [2.75, 3.05) is 6.61 Å². The highest BCUT2D eigenvalue weighted by Gasteiger charge is 2.28. The highest BCUT2D eigenvalue weighted by molar-refractivity contribution is 5.77. The summed E-state index contributed by atoms with van der Waals surface area (Å²) < 4.78 is 0. The van der Waals surface area contributed by atoms with Gasteiger partial charge in [-0.2, -0.15) is 0 Å². The fourth-order valence-corrected chi connectivity index (χ4v) is 1.80. The zero-order valence-corrected chi connectivity index (χ0v) is 6.62. The van der Waals surface area contributed by atoms with E-state index in [9.17, 15) is 4.79 Å². The lowest BCUT2D eigenvalue weighted by Crippen LogP contribution is -2.34. The van der Waals surface area contributed by atoms with Crippen molar-refractivity contribution in [3.8, 4) is 0 Å². The normalized spacial score (nSPS) is 31.7. The van der Waals surface area contributed by atoms with Gasteiger partial charge in [0.1, 0.15) is 0 Å². The lowest BCUT2D eigenvalue weighted by atomic mass is 9.79. The first-order valence-electron chi connectivity index (χ1n) is 4.16. The number of hydrogen-bond acceptors (Lipinski definition) is 2. The summed E-state index contributed by atoms with van der Waals surface area (Å²) in [4.78, 5) is 10.8. The Kier molecular flexibility index (Phi) is 2.88. The monoisotopic (exact) mass is 157 g/mol. The van der Waals surface area contributed by atoms with Crippen LogP contribution in [0.4, 0.5) is 0 Å². The first-order chi connectivity index (χ1) is 5.25. The zero-order chi connectivity index (χ0) is 8.27. The van der Waals surface area contributed by atoms with Gasteiger partial charge in [-0.05, 0) is 18.8 Å². The number of carbonyl (C=O) groups excluding carboxylic acids is 1. The van der Waals surface area contributed by atoms with Crippen molar-refractivity contribution in [1.82, 2.24) is 0 Å². The van der Waals surface area contributed by atoms with Crippen molar-refractivity contribution in [2.45, 2.75) is 25.7 Å². The number of rotatable bonds is 2. The van der Waals surface area contributed by atoms with Crippen LogP contribution in [0.25, 0.3) is 0 Å². The van der Waals surface area contributed by atoms with Gasteiger partial charge in [-0.25, -0.2) is 0 Å². The molecule has 1 rings (SSSR count). The summed E-state index contributed by atoms with van der Waals surface area (Å²) in [6.07, 6.45) is 4.00. The molecule has 0 aromatic rings. The third kappa shape index (κ3) is 1.93. The van der Waals surface area contributed by atoms with Gasteiger partial charge < -0.3 is 10.8 Å². The van der Waals surface area contributed by atoms with Crippen LogP contribution in [-0.4, -0.2) is 17.6 Å². The molecule has 0 saturated heterocycles. The van der Waals surface area contributed by atoms with E-state index in [4.69, 9.17) is 10.8 Å². The minimum absolute atomic E-state index is 0.0752. The minimum atomic E-state index is -0.247.